The Balaban J connectivity index is 1.64. The van der Waals surface area contributed by atoms with Crippen molar-refractivity contribution in [2.24, 2.45) is 0 Å². The molecule has 8 heteroatoms. The van der Waals surface area contributed by atoms with Crippen molar-refractivity contribution in [2.75, 3.05) is 36.4 Å². The van der Waals surface area contributed by atoms with Crippen LogP contribution in [0.5, 0.6) is 0 Å². The average Bonchev–Trinajstić information content (AvgIpc) is 2.62. The van der Waals surface area contributed by atoms with Gasteiger partial charge in [-0.1, -0.05) is 0 Å². The largest absolute Gasteiger partial charge is 0.416 e. The minimum atomic E-state index is -4.42. The van der Waals surface area contributed by atoms with Crippen molar-refractivity contribution in [1.82, 2.24) is 10.3 Å². The summed E-state index contributed by atoms with van der Waals surface area (Å²) in [6, 6.07) is 7.60. The lowest BCUT2D eigenvalue weighted by Crippen LogP contribution is -2.43. The molecule has 0 bridgehead atoms. The van der Waals surface area contributed by atoms with Crippen LogP contribution >= 0.6 is 0 Å². The maximum absolute atomic E-state index is 12.5. The Kier molecular flexibility index (Phi) is 4.89. The van der Waals surface area contributed by atoms with Crippen LogP contribution in [0.15, 0.2) is 42.6 Å². The summed E-state index contributed by atoms with van der Waals surface area (Å²) in [6.07, 6.45) is -2.75. The lowest BCUT2D eigenvalue weighted by molar-refractivity contribution is -0.137. The molecule has 1 aromatic carbocycles. The topological polar surface area (TPSA) is 57.3 Å². The van der Waals surface area contributed by atoms with Crippen molar-refractivity contribution in [1.29, 1.82) is 0 Å². The summed E-state index contributed by atoms with van der Waals surface area (Å²) in [5.74, 6) is -0.153. The fourth-order valence-electron chi connectivity index (χ4n) is 2.57. The van der Waals surface area contributed by atoms with Crippen LogP contribution in [0.4, 0.5) is 24.7 Å². The van der Waals surface area contributed by atoms with Gasteiger partial charge < -0.3 is 15.5 Å². The third kappa shape index (κ3) is 4.27. The quantitative estimate of drug-likeness (QED) is 0.894. The van der Waals surface area contributed by atoms with Crippen LogP contribution in [-0.2, 0) is 6.18 Å². The number of hydrogen-bond donors (Lipinski definition) is 2. The zero-order valence-electron chi connectivity index (χ0n) is 13.3. The molecule has 5 nitrogen and oxygen atoms in total. The second-order valence-corrected chi connectivity index (χ2v) is 5.67. The fraction of sp³-hybridized carbons (Fsp3) is 0.294. The number of benzene rings is 1. The number of pyridine rings is 1. The van der Waals surface area contributed by atoms with Gasteiger partial charge in [0.25, 0.3) is 5.91 Å². The van der Waals surface area contributed by atoms with Gasteiger partial charge in [0.05, 0.1) is 17.4 Å². The first-order valence-corrected chi connectivity index (χ1v) is 7.84. The number of piperazine rings is 1. The number of anilines is 2. The molecule has 1 aliphatic heterocycles. The van der Waals surface area contributed by atoms with Crippen molar-refractivity contribution in [2.45, 2.75) is 6.18 Å². The number of nitrogens with zero attached hydrogens (tertiary/aromatic N) is 2. The van der Waals surface area contributed by atoms with Crippen molar-refractivity contribution in [3.63, 3.8) is 0 Å². The number of halogens is 3. The molecule has 2 aromatic rings. The van der Waals surface area contributed by atoms with Crippen molar-refractivity contribution < 1.29 is 18.0 Å². The van der Waals surface area contributed by atoms with Crippen LogP contribution in [0.1, 0.15) is 15.9 Å². The van der Waals surface area contributed by atoms with E-state index in [0.29, 0.717) is 5.82 Å². The monoisotopic (exact) mass is 350 g/mol. The smallest absolute Gasteiger partial charge is 0.368 e. The Labute approximate surface area is 142 Å². The number of carbonyl (C=O) groups is 1. The molecule has 0 aliphatic carbocycles. The molecule has 1 saturated heterocycles. The van der Waals surface area contributed by atoms with Gasteiger partial charge in [-0.2, -0.15) is 13.2 Å². The zero-order valence-corrected chi connectivity index (χ0v) is 13.3. The summed E-state index contributed by atoms with van der Waals surface area (Å²) < 4.78 is 37.6. The Bertz CT molecular complexity index is 723. The lowest BCUT2D eigenvalue weighted by atomic mass is 10.1. The molecule has 2 N–H and O–H groups in total. The van der Waals surface area contributed by atoms with Crippen molar-refractivity contribution in [3.05, 3.63) is 53.7 Å². The van der Waals surface area contributed by atoms with E-state index in [4.69, 9.17) is 0 Å². The molecule has 0 atom stereocenters. The molecule has 1 amide bonds. The Morgan fingerprint density at radius 3 is 2.32 bits per heavy atom. The molecular formula is C17H17F3N4O. The maximum atomic E-state index is 12.5. The number of nitrogens with one attached hydrogen (secondary N) is 2. The predicted molar refractivity (Wildman–Crippen MR) is 88.7 cm³/mol. The summed E-state index contributed by atoms with van der Waals surface area (Å²) in [5, 5.41) is 5.85. The van der Waals surface area contributed by atoms with Gasteiger partial charge in [-0.15, -0.1) is 0 Å². The molecule has 25 heavy (non-hydrogen) atoms. The number of aromatic nitrogens is 1. The third-order valence-corrected chi connectivity index (χ3v) is 3.95. The van der Waals surface area contributed by atoms with E-state index in [1.54, 1.807) is 12.3 Å². The van der Waals surface area contributed by atoms with Gasteiger partial charge in [0.1, 0.15) is 5.82 Å². The highest BCUT2D eigenvalue weighted by atomic mass is 19.4. The standard InChI is InChI=1S/C17H17F3N4O/c18-17(19,20)13-3-1-12(2-4-13)16(25)23-15-6-5-14(11-22-15)24-9-7-21-8-10-24/h1-6,11,21H,7-10H2,(H,22,23,25). The maximum Gasteiger partial charge on any atom is 0.416 e. The van der Waals surface area contributed by atoms with E-state index in [2.05, 4.69) is 20.5 Å². The number of hydrogen-bond acceptors (Lipinski definition) is 4. The van der Waals surface area contributed by atoms with E-state index in [0.717, 1.165) is 56.1 Å². The van der Waals surface area contributed by atoms with E-state index in [9.17, 15) is 18.0 Å². The molecule has 1 fully saturated rings. The van der Waals surface area contributed by atoms with Crippen LogP contribution in [0.3, 0.4) is 0 Å². The molecule has 1 aliphatic rings. The highest BCUT2D eigenvalue weighted by Gasteiger charge is 2.30. The summed E-state index contributed by atoms with van der Waals surface area (Å²) in [6.45, 7) is 3.59. The molecule has 3 rings (SSSR count). The molecular weight excluding hydrogens is 333 g/mol. The summed E-state index contributed by atoms with van der Waals surface area (Å²) in [4.78, 5) is 18.5. The van der Waals surface area contributed by atoms with E-state index in [1.807, 2.05) is 6.07 Å². The van der Waals surface area contributed by atoms with Gasteiger partial charge in [-0.25, -0.2) is 4.98 Å². The molecule has 132 valence electrons. The highest BCUT2D eigenvalue weighted by molar-refractivity contribution is 6.03. The third-order valence-electron chi connectivity index (χ3n) is 3.95. The first-order chi connectivity index (χ1) is 11.9. The van der Waals surface area contributed by atoms with E-state index < -0.39 is 17.6 Å². The second-order valence-electron chi connectivity index (χ2n) is 5.67. The minimum absolute atomic E-state index is 0.140. The number of amides is 1. The fourth-order valence-corrected chi connectivity index (χ4v) is 2.57. The van der Waals surface area contributed by atoms with Crippen molar-refractivity contribution in [3.8, 4) is 0 Å². The van der Waals surface area contributed by atoms with Crippen LogP contribution in [-0.4, -0.2) is 37.1 Å². The van der Waals surface area contributed by atoms with Gasteiger partial charge in [0.15, 0.2) is 0 Å². The van der Waals surface area contributed by atoms with Gasteiger partial charge in [-0.05, 0) is 36.4 Å². The highest BCUT2D eigenvalue weighted by Crippen LogP contribution is 2.29. The van der Waals surface area contributed by atoms with Crippen LogP contribution in [0.2, 0.25) is 0 Å². The van der Waals surface area contributed by atoms with Gasteiger partial charge in [0, 0.05) is 31.7 Å². The van der Waals surface area contributed by atoms with E-state index >= 15 is 0 Å². The Morgan fingerprint density at radius 2 is 1.76 bits per heavy atom. The Hall–Kier alpha value is -2.61. The van der Waals surface area contributed by atoms with Crippen LogP contribution in [0, 0.1) is 0 Å². The van der Waals surface area contributed by atoms with E-state index in [1.165, 1.54) is 0 Å². The predicted octanol–water partition coefficient (Wildman–Crippen LogP) is 2.76. The SMILES string of the molecule is O=C(Nc1ccc(N2CCNCC2)cn1)c1ccc(C(F)(F)F)cc1. The summed E-state index contributed by atoms with van der Waals surface area (Å²) in [5.41, 5.74) is 0.317. The van der Waals surface area contributed by atoms with Gasteiger partial charge in [0.2, 0.25) is 0 Å². The lowest BCUT2D eigenvalue weighted by Gasteiger charge is -2.29. The number of alkyl halides is 3. The molecule has 0 radical (unpaired) electrons. The summed E-state index contributed by atoms with van der Waals surface area (Å²) >= 11 is 0. The average molecular weight is 350 g/mol. The first kappa shape index (κ1) is 17.2. The molecule has 1 aromatic heterocycles. The first-order valence-electron chi connectivity index (χ1n) is 7.84. The second kappa shape index (κ2) is 7.10. The minimum Gasteiger partial charge on any atom is -0.368 e. The molecule has 0 saturated carbocycles. The van der Waals surface area contributed by atoms with Gasteiger partial charge in [-0.3, -0.25) is 4.79 Å². The van der Waals surface area contributed by atoms with E-state index in [-0.39, 0.29) is 5.56 Å². The summed E-state index contributed by atoms with van der Waals surface area (Å²) in [7, 11) is 0. The normalized spacial score (nSPS) is 15.1. The number of carbonyl (C=O) groups excluding carboxylic acids is 1. The van der Waals surface area contributed by atoms with Crippen LogP contribution < -0.4 is 15.5 Å². The molecule has 2 heterocycles. The molecule has 0 spiro atoms. The van der Waals surface area contributed by atoms with Crippen molar-refractivity contribution >= 4 is 17.4 Å². The van der Waals surface area contributed by atoms with Crippen LogP contribution in [0.25, 0.3) is 0 Å². The van der Waals surface area contributed by atoms with Gasteiger partial charge >= 0.3 is 6.18 Å². The number of rotatable bonds is 3. The zero-order chi connectivity index (χ0) is 17.9. The Morgan fingerprint density at radius 1 is 1.08 bits per heavy atom. The molecule has 0 unspecified atom stereocenters.